The maximum atomic E-state index is 9.56. The van der Waals surface area contributed by atoms with Gasteiger partial charge in [0.2, 0.25) is 0 Å². The van der Waals surface area contributed by atoms with Crippen molar-refractivity contribution in [3.63, 3.8) is 0 Å². The first kappa shape index (κ1) is 12.4. The molecule has 12 heavy (non-hydrogen) atoms. The van der Waals surface area contributed by atoms with E-state index in [1.807, 2.05) is 13.3 Å². The van der Waals surface area contributed by atoms with Crippen LogP contribution in [0.3, 0.4) is 0 Å². The first-order chi connectivity index (χ1) is 5.56. The van der Waals surface area contributed by atoms with Crippen molar-refractivity contribution in [2.24, 2.45) is 0 Å². The van der Waals surface area contributed by atoms with Crippen molar-refractivity contribution >= 4 is 7.49 Å². The summed E-state index contributed by atoms with van der Waals surface area (Å²) in [6, 6.07) is 0. The van der Waals surface area contributed by atoms with Crippen molar-refractivity contribution in [3.8, 4) is 0 Å². The Morgan fingerprint density at radius 1 is 0.917 bits per heavy atom. The van der Waals surface area contributed by atoms with Gasteiger partial charge < -0.3 is 0 Å². The second-order valence-electron chi connectivity index (χ2n) is 4.33. The van der Waals surface area contributed by atoms with Crippen LogP contribution in [0.1, 0.15) is 45.4 Å². The standard InChI is InChI=1S/C10H25OP/c1-4-5-6-7-8-9-10-12(2,3)11/h11-12H,4-10H2,1-3H3. The predicted molar refractivity (Wildman–Crippen MR) is 60.6 cm³/mol. The van der Waals surface area contributed by atoms with Gasteiger partial charge in [-0.05, 0) is 0 Å². The van der Waals surface area contributed by atoms with Gasteiger partial charge in [-0.1, -0.05) is 0 Å². The number of hydrogen-bond acceptors (Lipinski definition) is 1. The predicted octanol–water partition coefficient (Wildman–Crippen LogP) is 3.26. The SMILES string of the molecule is CCCCCCCC[PH](C)(C)O. The Labute approximate surface area is 78.0 Å². The Hall–Kier alpha value is 0.390. The van der Waals surface area contributed by atoms with Crippen molar-refractivity contribution in [3.05, 3.63) is 0 Å². The molecule has 76 valence electrons. The molecule has 0 aliphatic heterocycles. The van der Waals surface area contributed by atoms with E-state index in [0.29, 0.717) is 0 Å². The second-order valence-corrected chi connectivity index (χ2v) is 8.46. The third kappa shape index (κ3) is 10.4. The van der Waals surface area contributed by atoms with Crippen LogP contribution in [0.15, 0.2) is 0 Å². The molecule has 0 unspecified atom stereocenters. The molecule has 0 fully saturated rings. The molecule has 0 saturated heterocycles. The molecular weight excluding hydrogens is 167 g/mol. The monoisotopic (exact) mass is 192 g/mol. The Bertz CT molecular complexity index is 96.5. The zero-order valence-corrected chi connectivity index (χ0v) is 9.90. The van der Waals surface area contributed by atoms with Gasteiger partial charge in [-0.15, -0.1) is 0 Å². The van der Waals surface area contributed by atoms with Crippen LogP contribution in [0.2, 0.25) is 0 Å². The van der Waals surface area contributed by atoms with Gasteiger partial charge in [-0.2, -0.15) is 0 Å². The molecule has 0 aliphatic rings. The van der Waals surface area contributed by atoms with Crippen LogP contribution in [0, 0.1) is 0 Å². The minimum absolute atomic E-state index is 1.08. The quantitative estimate of drug-likeness (QED) is 0.485. The fraction of sp³-hybridized carbons (Fsp3) is 1.00. The number of unbranched alkanes of at least 4 members (excludes halogenated alkanes) is 5. The van der Waals surface area contributed by atoms with Gasteiger partial charge in [0, 0.05) is 0 Å². The summed E-state index contributed by atoms with van der Waals surface area (Å²) < 4.78 is 0. The molecule has 0 amide bonds. The summed E-state index contributed by atoms with van der Waals surface area (Å²) >= 11 is 0. The first-order valence-electron chi connectivity index (χ1n) is 5.28. The van der Waals surface area contributed by atoms with Crippen LogP contribution in [0.25, 0.3) is 0 Å². The van der Waals surface area contributed by atoms with E-state index in [4.69, 9.17) is 0 Å². The van der Waals surface area contributed by atoms with Crippen LogP contribution in [0.5, 0.6) is 0 Å². The van der Waals surface area contributed by atoms with E-state index in [1.165, 1.54) is 38.5 Å². The average molecular weight is 192 g/mol. The summed E-state index contributed by atoms with van der Waals surface area (Å²) in [5.74, 6) is 0. The Balaban J connectivity index is 3.01. The van der Waals surface area contributed by atoms with Crippen LogP contribution in [-0.2, 0) is 0 Å². The van der Waals surface area contributed by atoms with Crippen molar-refractivity contribution < 1.29 is 4.89 Å². The van der Waals surface area contributed by atoms with Gasteiger partial charge in [0.15, 0.2) is 0 Å². The molecule has 1 nitrogen and oxygen atoms in total. The van der Waals surface area contributed by atoms with Crippen LogP contribution >= 0.6 is 7.49 Å². The molecule has 0 rings (SSSR count). The molecule has 0 saturated carbocycles. The fourth-order valence-corrected chi connectivity index (χ4v) is 2.45. The molecule has 0 heterocycles. The maximum absolute atomic E-state index is 9.56. The van der Waals surface area contributed by atoms with Crippen molar-refractivity contribution in [1.29, 1.82) is 0 Å². The molecule has 0 aromatic heterocycles. The second kappa shape index (κ2) is 6.86. The summed E-state index contributed by atoms with van der Waals surface area (Å²) in [5.41, 5.74) is 0. The molecule has 2 heteroatoms. The normalized spacial score (nSPS) is 13.3. The molecular formula is C10H25OP. The van der Waals surface area contributed by atoms with E-state index in [2.05, 4.69) is 6.92 Å². The summed E-state index contributed by atoms with van der Waals surface area (Å²) in [7, 11) is -1.73. The van der Waals surface area contributed by atoms with Crippen LogP contribution < -0.4 is 0 Å². The summed E-state index contributed by atoms with van der Waals surface area (Å²) in [4.78, 5) is 9.56. The first-order valence-corrected chi connectivity index (χ1v) is 8.44. The summed E-state index contributed by atoms with van der Waals surface area (Å²) in [6.07, 6.45) is 9.07. The van der Waals surface area contributed by atoms with Gasteiger partial charge in [0.25, 0.3) is 0 Å². The Morgan fingerprint density at radius 2 is 1.42 bits per heavy atom. The van der Waals surface area contributed by atoms with Gasteiger partial charge in [0.05, 0.1) is 0 Å². The molecule has 0 aromatic carbocycles. The number of rotatable bonds is 7. The Kier molecular flexibility index (Phi) is 7.08. The minimum atomic E-state index is -1.73. The van der Waals surface area contributed by atoms with Crippen LogP contribution in [-0.4, -0.2) is 24.4 Å². The van der Waals surface area contributed by atoms with E-state index in [0.717, 1.165) is 6.16 Å². The molecule has 0 bridgehead atoms. The van der Waals surface area contributed by atoms with E-state index < -0.39 is 7.49 Å². The van der Waals surface area contributed by atoms with E-state index in [9.17, 15) is 4.89 Å². The fourth-order valence-electron chi connectivity index (χ4n) is 1.34. The van der Waals surface area contributed by atoms with Gasteiger partial charge in [-0.25, -0.2) is 0 Å². The zero-order chi connectivity index (χ0) is 9.45. The Morgan fingerprint density at radius 3 is 1.92 bits per heavy atom. The summed E-state index contributed by atoms with van der Waals surface area (Å²) in [5, 5.41) is 0. The molecule has 1 N–H and O–H groups in total. The van der Waals surface area contributed by atoms with Crippen molar-refractivity contribution in [1.82, 2.24) is 0 Å². The van der Waals surface area contributed by atoms with Crippen molar-refractivity contribution in [2.45, 2.75) is 45.4 Å². The molecule has 0 radical (unpaired) electrons. The van der Waals surface area contributed by atoms with E-state index >= 15 is 0 Å². The zero-order valence-electron chi connectivity index (χ0n) is 8.90. The summed E-state index contributed by atoms with van der Waals surface area (Å²) in [6.45, 7) is 6.29. The van der Waals surface area contributed by atoms with Crippen molar-refractivity contribution in [2.75, 3.05) is 19.5 Å². The van der Waals surface area contributed by atoms with E-state index in [1.54, 1.807) is 0 Å². The molecule has 0 atom stereocenters. The topological polar surface area (TPSA) is 20.2 Å². The van der Waals surface area contributed by atoms with E-state index in [-0.39, 0.29) is 0 Å². The van der Waals surface area contributed by atoms with Gasteiger partial charge in [-0.3, -0.25) is 0 Å². The van der Waals surface area contributed by atoms with Gasteiger partial charge >= 0.3 is 77.3 Å². The average Bonchev–Trinajstić information content (AvgIpc) is 1.94. The third-order valence-corrected chi connectivity index (χ3v) is 3.72. The molecule has 0 spiro atoms. The van der Waals surface area contributed by atoms with Crippen LogP contribution in [0.4, 0.5) is 0 Å². The number of hydrogen-bond donors (Lipinski definition) is 1. The third-order valence-electron chi connectivity index (χ3n) is 2.14. The molecule has 0 aromatic rings. The van der Waals surface area contributed by atoms with Gasteiger partial charge in [0.1, 0.15) is 0 Å². The molecule has 0 aliphatic carbocycles.